The molecule has 0 aliphatic carbocycles. The lowest BCUT2D eigenvalue weighted by Gasteiger charge is -2.26. The van der Waals surface area contributed by atoms with Crippen LogP contribution < -0.4 is 15.3 Å². The van der Waals surface area contributed by atoms with E-state index < -0.39 is 22.5 Å². The minimum atomic E-state index is -4.01. The number of imidazole rings is 1. The number of amides is 1. The Labute approximate surface area is 204 Å². The summed E-state index contributed by atoms with van der Waals surface area (Å²) >= 11 is 0. The SMILES string of the molecule is Cc1ccc(S(=O)(=O)N(CC(=O)Nc2ccc3c(c2)n(C)c(=O)n3C)c2ccc(C)cc2C)cc1. The van der Waals surface area contributed by atoms with Crippen molar-refractivity contribution in [2.75, 3.05) is 16.2 Å². The van der Waals surface area contributed by atoms with Crippen LogP contribution in [0, 0.1) is 20.8 Å². The summed E-state index contributed by atoms with van der Waals surface area (Å²) < 4.78 is 31.4. The first-order chi connectivity index (χ1) is 16.5. The number of benzene rings is 3. The van der Waals surface area contributed by atoms with Gasteiger partial charge in [0.05, 0.1) is 21.6 Å². The number of aryl methyl sites for hydroxylation is 5. The molecular weight excluding hydrogens is 464 g/mol. The van der Waals surface area contributed by atoms with Gasteiger partial charge >= 0.3 is 5.69 Å². The van der Waals surface area contributed by atoms with Crippen LogP contribution in [0.5, 0.6) is 0 Å². The predicted molar refractivity (Wildman–Crippen MR) is 138 cm³/mol. The molecule has 0 fully saturated rings. The molecule has 0 aliphatic rings. The molecule has 1 amide bonds. The van der Waals surface area contributed by atoms with Gasteiger partial charge < -0.3 is 5.32 Å². The van der Waals surface area contributed by atoms with Crippen molar-refractivity contribution in [3.05, 3.63) is 87.8 Å². The van der Waals surface area contributed by atoms with Crippen LogP contribution in [0.2, 0.25) is 0 Å². The molecule has 0 bridgehead atoms. The van der Waals surface area contributed by atoms with Crippen LogP contribution in [0.4, 0.5) is 11.4 Å². The highest BCUT2D eigenvalue weighted by Gasteiger charge is 2.28. The van der Waals surface area contributed by atoms with E-state index in [4.69, 9.17) is 0 Å². The van der Waals surface area contributed by atoms with Crippen molar-refractivity contribution in [3.8, 4) is 0 Å². The van der Waals surface area contributed by atoms with Crippen LogP contribution in [0.3, 0.4) is 0 Å². The Balaban J connectivity index is 1.70. The number of rotatable bonds is 6. The highest BCUT2D eigenvalue weighted by Crippen LogP contribution is 2.28. The van der Waals surface area contributed by atoms with E-state index >= 15 is 0 Å². The first-order valence-corrected chi connectivity index (χ1v) is 12.5. The molecule has 0 aliphatic heterocycles. The number of carbonyl (C=O) groups is 1. The van der Waals surface area contributed by atoms with Gasteiger partial charge in [0.15, 0.2) is 0 Å². The van der Waals surface area contributed by atoms with E-state index in [2.05, 4.69) is 5.32 Å². The molecule has 1 heterocycles. The Hall–Kier alpha value is -3.85. The molecule has 1 N–H and O–H groups in total. The number of carbonyl (C=O) groups excluding carboxylic acids is 1. The maximum absolute atomic E-state index is 13.6. The Kier molecular flexibility index (Phi) is 6.29. The van der Waals surface area contributed by atoms with Gasteiger partial charge in [0.2, 0.25) is 5.91 Å². The third kappa shape index (κ3) is 4.59. The van der Waals surface area contributed by atoms with Gasteiger partial charge in [-0.15, -0.1) is 0 Å². The molecule has 0 unspecified atom stereocenters. The van der Waals surface area contributed by atoms with E-state index in [1.54, 1.807) is 62.6 Å². The summed E-state index contributed by atoms with van der Waals surface area (Å²) in [5.41, 5.74) is 4.80. The molecule has 3 aromatic carbocycles. The Bertz CT molecular complexity index is 1600. The van der Waals surface area contributed by atoms with Crippen LogP contribution >= 0.6 is 0 Å². The lowest BCUT2D eigenvalue weighted by Crippen LogP contribution is -2.38. The molecule has 182 valence electrons. The summed E-state index contributed by atoms with van der Waals surface area (Å²) in [6.45, 7) is 5.22. The van der Waals surface area contributed by atoms with Gasteiger partial charge in [-0.3, -0.25) is 18.2 Å². The highest BCUT2D eigenvalue weighted by atomic mass is 32.2. The lowest BCUT2D eigenvalue weighted by atomic mass is 10.1. The number of hydrogen-bond acceptors (Lipinski definition) is 4. The Morgan fingerprint density at radius 1 is 0.857 bits per heavy atom. The van der Waals surface area contributed by atoms with Crippen LogP contribution in [-0.2, 0) is 28.9 Å². The number of fused-ring (bicyclic) bond motifs is 1. The van der Waals surface area contributed by atoms with E-state index in [-0.39, 0.29) is 10.6 Å². The van der Waals surface area contributed by atoms with Crippen LogP contribution in [0.15, 0.2) is 70.4 Å². The van der Waals surface area contributed by atoms with Crippen molar-refractivity contribution < 1.29 is 13.2 Å². The minimum Gasteiger partial charge on any atom is -0.324 e. The largest absolute Gasteiger partial charge is 0.328 e. The van der Waals surface area contributed by atoms with Crippen LogP contribution in [0.25, 0.3) is 11.0 Å². The zero-order valence-corrected chi connectivity index (χ0v) is 21.2. The molecule has 4 rings (SSSR count). The van der Waals surface area contributed by atoms with E-state index in [1.807, 2.05) is 32.9 Å². The fourth-order valence-corrected chi connectivity index (χ4v) is 5.62. The van der Waals surface area contributed by atoms with Crippen molar-refractivity contribution in [2.45, 2.75) is 25.7 Å². The molecule has 4 aromatic rings. The molecule has 0 saturated heterocycles. The van der Waals surface area contributed by atoms with Gasteiger partial charge in [-0.25, -0.2) is 13.2 Å². The monoisotopic (exact) mass is 492 g/mol. The number of nitrogens with one attached hydrogen (secondary N) is 1. The molecular formula is C26H28N4O4S. The van der Waals surface area contributed by atoms with E-state index in [9.17, 15) is 18.0 Å². The quantitative estimate of drug-likeness (QED) is 0.445. The summed E-state index contributed by atoms with van der Waals surface area (Å²) in [4.78, 5) is 25.4. The number of nitrogens with zero attached hydrogens (tertiary/aromatic N) is 3. The summed E-state index contributed by atoms with van der Waals surface area (Å²) in [5, 5.41) is 2.78. The van der Waals surface area contributed by atoms with Gasteiger partial charge in [-0.2, -0.15) is 0 Å². The second-order valence-corrected chi connectivity index (χ2v) is 10.6. The fourth-order valence-electron chi connectivity index (χ4n) is 4.14. The average Bonchev–Trinajstić information content (AvgIpc) is 3.02. The van der Waals surface area contributed by atoms with E-state index in [1.165, 1.54) is 9.13 Å². The smallest absolute Gasteiger partial charge is 0.324 e. The van der Waals surface area contributed by atoms with Gasteiger partial charge in [-0.05, 0) is 62.7 Å². The normalized spacial score (nSPS) is 11.6. The summed E-state index contributed by atoms with van der Waals surface area (Å²) in [6, 6.07) is 17.1. The molecule has 0 spiro atoms. The van der Waals surface area contributed by atoms with Gasteiger partial charge in [0.1, 0.15) is 6.54 Å². The highest BCUT2D eigenvalue weighted by molar-refractivity contribution is 7.92. The van der Waals surface area contributed by atoms with Crippen LogP contribution in [0.1, 0.15) is 16.7 Å². The molecule has 8 nitrogen and oxygen atoms in total. The molecule has 0 radical (unpaired) electrons. The maximum Gasteiger partial charge on any atom is 0.328 e. The summed E-state index contributed by atoms with van der Waals surface area (Å²) in [6.07, 6.45) is 0. The molecule has 9 heteroatoms. The first-order valence-electron chi connectivity index (χ1n) is 11.1. The zero-order chi connectivity index (χ0) is 25.5. The minimum absolute atomic E-state index is 0.108. The molecule has 0 saturated carbocycles. The van der Waals surface area contributed by atoms with E-state index in [0.29, 0.717) is 16.9 Å². The van der Waals surface area contributed by atoms with Crippen molar-refractivity contribution in [3.63, 3.8) is 0 Å². The summed E-state index contributed by atoms with van der Waals surface area (Å²) in [7, 11) is -0.673. The third-order valence-corrected chi connectivity index (χ3v) is 7.85. The average molecular weight is 493 g/mol. The zero-order valence-electron chi connectivity index (χ0n) is 20.4. The molecule has 35 heavy (non-hydrogen) atoms. The third-order valence-electron chi connectivity index (χ3n) is 6.07. The Morgan fingerprint density at radius 3 is 2.14 bits per heavy atom. The van der Waals surface area contributed by atoms with Gasteiger partial charge in [0.25, 0.3) is 10.0 Å². The first kappa shape index (κ1) is 24.3. The number of sulfonamides is 1. The van der Waals surface area contributed by atoms with Crippen LogP contribution in [-0.4, -0.2) is 30.0 Å². The second kappa shape index (κ2) is 9.07. The maximum atomic E-state index is 13.6. The van der Waals surface area contributed by atoms with E-state index in [0.717, 1.165) is 26.5 Å². The summed E-state index contributed by atoms with van der Waals surface area (Å²) in [5.74, 6) is -0.499. The molecule has 1 aromatic heterocycles. The van der Waals surface area contributed by atoms with Gasteiger partial charge in [0, 0.05) is 19.8 Å². The number of anilines is 2. The predicted octanol–water partition coefficient (Wildman–Crippen LogP) is 3.64. The van der Waals surface area contributed by atoms with Crippen molar-refractivity contribution in [1.82, 2.24) is 9.13 Å². The fraction of sp³-hybridized carbons (Fsp3) is 0.231. The van der Waals surface area contributed by atoms with Gasteiger partial charge in [-0.1, -0.05) is 35.4 Å². The topological polar surface area (TPSA) is 93.4 Å². The van der Waals surface area contributed by atoms with Crippen molar-refractivity contribution in [2.24, 2.45) is 14.1 Å². The number of aromatic nitrogens is 2. The Morgan fingerprint density at radius 2 is 1.49 bits per heavy atom. The second-order valence-electron chi connectivity index (χ2n) is 8.77. The standard InChI is InChI=1S/C26H28N4O4S/c1-17-6-10-21(11-7-17)35(33,34)30(22-12-8-18(2)14-19(22)3)16-25(31)27-20-9-13-23-24(15-20)29(5)26(32)28(23)4/h6-15H,16H2,1-5H3,(H,27,31). The van der Waals surface area contributed by atoms with Crippen molar-refractivity contribution >= 4 is 38.3 Å². The number of hydrogen-bond donors (Lipinski definition) is 1. The van der Waals surface area contributed by atoms with Crippen molar-refractivity contribution in [1.29, 1.82) is 0 Å². The lowest BCUT2D eigenvalue weighted by molar-refractivity contribution is -0.114. The molecule has 0 atom stereocenters.